The number of nitrogens with zero attached hydrogens (tertiary/aromatic N) is 5. The summed E-state index contributed by atoms with van der Waals surface area (Å²) in [6, 6.07) is 11.5. The predicted molar refractivity (Wildman–Crippen MR) is 158 cm³/mol. The molecule has 0 radical (unpaired) electrons. The molecule has 1 amide bonds. The Morgan fingerprint density at radius 2 is 1.93 bits per heavy atom. The maximum absolute atomic E-state index is 13.7. The van der Waals surface area contributed by atoms with Gasteiger partial charge in [0.1, 0.15) is 15.8 Å². The maximum atomic E-state index is 13.7. The summed E-state index contributed by atoms with van der Waals surface area (Å²) in [6.07, 6.45) is 4.04. The molecule has 2 fully saturated rings. The van der Waals surface area contributed by atoms with Crippen molar-refractivity contribution >= 4 is 51.7 Å². The first kappa shape index (κ1) is 26.8. The highest BCUT2D eigenvalue weighted by atomic mass is 32.2. The minimum absolute atomic E-state index is 0.192. The lowest BCUT2D eigenvalue weighted by Gasteiger charge is -2.36. The summed E-state index contributed by atoms with van der Waals surface area (Å²) in [4.78, 5) is 38.3. The maximum Gasteiger partial charge on any atom is 0.267 e. The van der Waals surface area contributed by atoms with E-state index in [1.54, 1.807) is 30.3 Å². The summed E-state index contributed by atoms with van der Waals surface area (Å²) in [6.45, 7) is 5.04. The van der Waals surface area contributed by atoms with E-state index in [0.717, 1.165) is 36.7 Å². The minimum Gasteiger partial charge on any atom is -0.454 e. The molecule has 5 heterocycles. The summed E-state index contributed by atoms with van der Waals surface area (Å²) in [5, 5.41) is 0. The highest BCUT2D eigenvalue weighted by molar-refractivity contribution is 8.26. The first-order valence-electron chi connectivity index (χ1n) is 13.1. The van der Waals surface area contributed by atoms with Crippen LogP contribution in [0.2, 0.25) is 0 Å². The van der Waals surface area contributed by atoms with Gasteiger partial charge in [0.2, 0.25) is 6.79 Å². The van der Waals surface area contributed by atoms with Crippen molar-refractivity contribution in [1.82, 2.24) is 19.2 Å². The molecule has 2 aromatic heterocycles. The lowest BCUT2D eigenvalue weighted by Crippen LogP contribution is -2.47. The van der Waals surface area contributed by atoms with Gasteiger partial charge < -0.3 is 19.1 Å². The van der Waals surface area contributed by atoms with Gasteiger partial charge in [0.25, 0.3) is 11.5 Å². The van der Waals surface area contributed by atoms with Crippen LogP contribution in [0.15, 0.2) is 52.3 Å². The Morgan fingerprint density at radius 1 is 1.10 bits per heavy atom. The molecule has 0 N–H and O–H groups in total. The van der Waals surface area contributed by atoms with Gasteiger partial charge in [-0.15, -0.1) is 0 Å². The van der Waals surface area contributed by atoms with Crippen LogP contribution in [0.3, 0.4) is 0 Å². The lowest BCUT2D eigenvalue weighted by atomic mass is 10.1. The third-order valence-electron chi connectivity index (χ3n) is 7.14. The molecule has 2 saturated heterocycles. The number of rotatable bonds is 8. The van der Waals surface area contributed by atoms with Crippen molar-refractivity contribution in [1.29, 1.82) is 0 Å². The van der Waals surface area contributed by atoms with Gasteiger partial charge in [-0.3, -0.25) is 23.8 Å². The molecule has 3 aliphatic rings. The summed E-state index contributed by atoms with van der Waals surface area (Å²) in [7, 11) is 1.63. The third-order valence-corrected chi connectivity index (χ3v) is 8.52. The van der Waals surface area contributed by atoms with Gasteiger partial charge in [0.15, 0.2) is 11.5 Å². The number of carbonyl (C=O) groups excluding carboxylic acids is 1. The number of aromatic nitrogens is 2. The summed E-state index contributed by atoms with van der Waals surface area (Å²) >= 11 is 6.70. The van der Waals surface area contributed by atoms with Crippen LogP contribution >= 0.6 is 24.0 Å². The Hall–Kier alpha value is -3.45. The van der Waals surface area contributed by atoms with E-state index in [-0.39, 0.29) is 18.3 Å². The van der Waals surface area contributed by atoms with E-state index >= 15 is 0 Å². The Morgan fingerprint density at radius 3 is 2.75 bits per heavy atom. The van der Waals surface area contributed by atoms with Crippen molar-refractivity contribution < 1.29 is 19.0 Å². The predicted octanol–water partition coefficient (Wildman–Crippen LogP) is 2.98. The molecule has 0 unspecified atom stereocenters. The van der Waals surface area contributed by atoms with Crippen molar-refractivity contribution in [3.8, 4) is 11.5 Å². The lowest BCUT2D eigenvalue weighted by molar-refractivity contribution is -0.122. The van der Waals surface area contributed by atoms with Crippen molar-refractivity contribution in [3.05, 3.63) is 69.0 Å². The minimum atomic E-state index is -0.215. The topological polar surface area (TPSA) is 88.8 Å². The third kappa shape index (κ3) is 5.31. The molecular formula is C28H29N5O5S2. The van der Waals surface area contributed by atoms with Gasteiger partial charge in [-0.2, -0.15) is 0 Å². The fourth-order valence-electron chi connectivity index (χ4n) is 5.06. The van der Waals surface area contributed by atoms with Crippen molar-refractivity contribution in [3.63, 3.8) is 0 Å². The van der Waals surface area contributed by atoms with Crippen LogP contribution in [0.25, 0.3) is 11.7 Å². The van der Waals surface area contributed by atoms with Crippen molar-refractivity contribution in [2.24, 2.45) is 0 Å². The average molecular weight is 580 g/mol. The highest BCUT2D eigenvalue weighted by Crippen LogP contribution is 2.35. The number of methoxy groups -OCH3 is 1. The van der Waals surface area contributed by atoms with E-state index in [9.17, 15) is 9.59 Å². The van der Waals surface area contributed by atoms with E-state index in [1.165, 1.54) is 16.2 Å². The largest absolute Gasteiger partial charge is 0.454 e. The number of amides is 1. The Bertz CT molecular complexity index is 1550. The number of piperazine rings is 1. The molecule has 208 valence electrons. The Labute approximate surface area is 241 Å². The van der Waals surface area contributed by atoms with Crippen LogP contribution in [0.4, 0.5) is 5.82 Å². The van der Waals surface area contributed by atoms with E-state index in [4.69, 9.17) is 31.4 Å². The van der Waals surface area contributed by atoms with Gasteiger partial charge in [-0.25, -0.2) is 4.98 Å². The molecule has 6 rings (SSSR count). The van der Waals surface area contributed by atoms with Crippen LogP contribution in [0.1, 0.15) is 17.5 Å². The Kier molecular flexibility index (Phi) is 7.74. The smallest absolute Gasteiger partial charge is 0.267 e. The fourth-order valence-corrected chi connectivity index (χ4v) is 6.35. The zero-order chi connectivity index (χ0) is 27.6. The number of benzene rings is 1. The van der Waals surface area contributed by atoms with Crippen molar-refractivity contribution in [2.75, 3.05) is 58.1 Å². The molecule has 1 aromatic carbocycles. The number of fused-ring (bicyclic) bond motifs is 2. The van der Waals surface area contributed by atoms with Crippen LogP contribution in [-0.2, 0) is 16.1 Å². The van der Waals surface area contributed by atoms with E-state index in [0.29, 0.717) is 58.9 Å². The standard InChI is InChI=1S/C28H29N5O5S2/c1-36-14-4-9-33-27(35)23(40-28(33)39)16-20-25(29-24-5-2-3-8-32(24)26(20)34)31-12-10-30(11-13-31)17-19-6-7-21-22(15-19)38-18-37-21/h2-3,5-8,15-16H,4,9-14,17-18H2,1H3. The van der Waals surface area contributed by atoms with Crippen LogP contribution in [0, 0.1) is 0 Å². The Balaban J connectivity index is 1.25. The molecule has 0 saturated carbocycles. The van der Waals surface area contributed by atoms with E-state index in [2.05, 4.69) is 15.9 Å². The first-order valence-corrected chi connectivity index (χ1v) is 14.4. The second-order valence-corrected chi connectivity index (χ2v) is 11.4. The molecular weight excluding hydrogens is 550 g/mol. The molecule has 0 atom stereocenters. The number of hydrogen-bond donors (Lipinski definition) is 0. The number of anilines is 1. The molecule has 0 bridgehead atoms. The number of ether oxygens (including phenoxy) is 3. The van der Waals surface area contributed by atoms with Gasteiger partial charge in [0.05, 0.1) is 10.5 Å². The normalized spacial score (nSPS) is 18.5. The monoisotopic (exact) mass is 579 g/mol. The first-order chi connectivity index (χ1) is 19.5. The molecule has 40 heavy (non-hydrogen) atoms. The van der Waals surface area contributed by atoms with Crippen LogP contribution < -0.4 is 19.9 Å². The number of carbonyl (C=O) groups is 1. The number of hydrogen-bond acceptors (Lipinski definition) is 10. The average Bonchev–Trinajstić information content (AvgIpc) is 3.54. The summed E-state index contributed by atoms with van der Waals surface area (Å²) in [5.41, 5.74) is 1.90. The molecule has 0 aliphatic carbocycles. The number of thiocarbonyl (C=S) groups is 1. The molecule has 0 spiro atoms. The number of thioether (sulfide) groups is 1. The molecule has 10 nitrogen and oxygen atoms in total. The van der Waals surface area contributed by atoms with E-state index < -0.39 is 0 Å². The summed E-state index contributed by atoms with van der Waals surface area (Å²) < 4.78 is 18.1. The fraction of sp³-hybridized carbons (Fsp3) is 0.357. The molecule has 3 aromatic rings. The van der Waals surface area contributed by atoms with Crippen molar-refractivity contribution in [2.45, 2.75) is 13.0 Å². The second kappa shape index (κ2) is 11.6. The SMILES string of the molecule is COCCCN1C(=O)C(=Cc2c(N3CCN(Cc4ccc5c(c4)OCO5)CC3)nc3ccccn3c2=O)SC1=S. The van der Waals surface area contributed by atoms with Crippen LogP contribution in [0.5, 0.6) is 11.5 Å². The highest BCUT2D eigenvalue weighted by Gasteiger charge is 2.33. The quantitative estimate of drug-likeness (QED) is 0.226. The van der Waals surface area contributed by atoms with Gasteiger partial charge in [0, 0.05) is 59.2 Å². The van der Waals surface area contributed by atoms with Gasteiger partial charge in [-0.1, -0.05) is 36.1 Å². The van der Waals surface area contributed by atoms with Gasteiger partial charge in [-0.05, 0) is 42.3 Å². The van der Waals surface area contributed by atoms with Crippen LogP contribution in [-0.4, -0.2) is 82.6 Å². The summed E-state index contributed by atoms with van der Waals surface area (Å²) in [5.74, 6) is 1.96. The van der Waals surface area contributed by atoms with E-state index in [1.807, 2.05) is 24.3 Å². The molecule has 12 heteroatoms. The second-order valence-electron chi connectivity index (χ2n) is 9.71. The zero-order valence-electron chi connectivity index (χ0n) is 22.1. The number of pyridine rings is 1. The molecule has 3 aliphatic heterocycles. The van der Waals surface area contributed by atoms with Gasteiger partial charge >= 0.3 is 0 Å². The zero-order valence-corrected chi connectivity index (χ0v) is 23.7.